The van der Waals surface area contributed by atoms with E-state index in [1.807, 2.05) is 0 Å². The van der Waals surface area contributed by atoms with Crippen molar-refractivity contribution < 1.29 is 28.9 Å². The molecule has 6 heteroatoms. The predicted molar refractivity (Wildman–Crippen MR) is 98.3 cm³/mol. The van der Waals surface area contributed by atoms with Crippen molar-refractivity contribution in [3.8, 4) is 11.5 Å². The van der Waals surface area contributed by atoms with Gasteiger partial charge in [-0.2, -0.15) is 0 Å². The molecule has 0 aliphatic carbocycles. The van der Waals surface area contributed by atoms with Crippen LogP contribution >= 0.6 is 0 Å². The van der Waals surface area contributed by atoms with Gasteiger partial charge in [-0.3, -0.25) is 4.79 Å². The molecule has 1 aliphatic rings. The molecule has 27 heavy (non-hydrogen) atoms. The van der Waals surface area contributed by atoms with E-state index in [1.165, 1.54) is 13.2 Å². The van der Waals surface area contributed by atoms with E-state index in [-0.39, 0.29) is 5.75 Å². The molecule has 0 radical (unpaired) electrons. The fourth-order valence-electron chi connectivity index (χ4n) is 3.05. The number of phenolic OH excluding ortho intramolecular Hbond substituents is 1. The first-order valence-electron chi connectivity index (χ1n) is 8.55. The summed E-state index contributed by atoms with van der Waals surface area (Å²) in [6, 6.07) is 11.9. The molecule has 2 aromatic carbocycles. The summed E-state index contributed by atoms with van der Waals surface area (Å²) in [5.41, 5.74) is 2.18. The standard InChI is InChI=1S/C21H20O6/c1-3-26-18(23)11-5-13-4-10-17-16(12-13)19(21(24)25-2)20(27-17)14-6-8-15(22)9-7-14/h4-12,19-20,22H,3H2,1-2H3/b11-5+/t19-,20+/m0/s1. The zero-order chi connectivity index (χ0) is 19.4. The van der Waals surface area contributed by atoms with E-state index in [4.69, 9.17) is 14.2 Å². The van der Waals surface area contributed by atoms with Crippen LogP contribution in [0, 0.1) is 0 Å². The molecule has 3 rings (SSSR count). The van der Waals surface area contributed by atoms with Crippen molar-refractivity contribution in [2.24, 2.45) is 0 Å². The smallest absolute Gasteiger partial charge is 0.330 e. The minimum Gasteiger partial charge on any atom is -0.508 e. The van der Waals surface area contributed by atoms with E-state index in [1.54, 1.807) is 55.5 Å². The van der Waals surface area contributed by atoms with Crippen LogP contribution < -0.4 is 4.74 Å². The molecular weight excluding hydrogens is 348 g/mol. The fraction of sp³-hybridized carbons (Fsp3) is 0.238. The van der Waals surface area contributed by atoms with E-state index in [0.29, 0.717) is 17.9 Å². The first-order chi connectivity index (χ1) is 13.0. The van der Waals surface area contributed by atoms with Crippen molar-refractivity contribution in [3.63, 3.8) is 0 Å². The van der Waals surface area contributed by atoms with Crippen LogP contribution in [0.2, 0.25) is 0 Å². The van der Waals surface area contributed by atoms with Crippen LogP contribution in [0.4, 0.5) is 0 Å². The van der Waals surface area contributed by atoms with Gasteiger partial charge in [0.05, 0.1) is 13.7 Å². The van der Waals surface area contributed by atoms with Gasteiger partial charge in [-0.25, -0.2) is 4.79 Å². The molecule has 0 saturated carbocycles. The van der Waals surface area contributed by atoms with Gasteiger partial charge in [0.15, 0.2) is 0 Å². The van der Waals surface area contributed by atoms with E-state index < -0.39 is 24.0 Å². The van der Waals surface area contributed by atoms with Crippen LogP contribution in [0.1, 0.15) is 35.6 Å². The fourth-order valence-corrected chi connectivity index (χ4v) is 3.05. The Labute approximate surface area is 157 Å². The van der Waals surface area contributed by atoms with E-state index in [2.05, 4.69) is 0 Å². The van der Waals surface area contributed by atoms with Gasteiger partial charge >= 0.3 is 11.9 Å². The minimum absolute atomic E-state index is 0.135. The molecule has 0 unspecified atom stereocenters. The maximum absolute atomic E-state index is 12.4. The highest BCUT2D eigenvalue weighted by Crippen LogP contribution is 2.47. The third-order valence-corrected chi connectivity index (χ3v) is 4.30. The van der Waals surface area contributed by atoms with Crippen LogP contribution in [0.5, 0.6) is 11.5 Å². The zero-order valence-corrected chi connectivity index (χ0v) is 15.0. The Morgan fingerprint density at radius 3 is 2.59 bits per heavy atom. The minimum atomic E-state index is -0.648. The number of aromatic hydroxyl groups is 1. The molecule has 0 fully saturated rings. The van der Waals surface area contributed by atoms with Crippen LogP contribution in [-0.4, -0.2) is 30.8 Å². The summed E-state index contributed by atoms with van der Waals surface area (Å²) >= 11 is 0. The summed E-state index contributed by atoms with van der Waals surface area (Å²) in [4.78, 5) is 24.0. The summed E-state index contributed by atoms with van der Waals surface area (Å²) in [6.45, 7) is 2.04. The average molecular weight is 368 g/mol. The molecule has 0 spiro atoms. The van der Waals surface area contributed by atoms with Crippen LogP contribution in [0.3, 0.4) is 0 Å². The number of phenols is 1. The van der Waals surface area contributed by atoms with Gasteiger partial charge in [0.25, 0.3) is 0 Å². The topological polar surface area (TPSA) is 82.1 Å². The lowest BCUT2D eigenvalue weighted by atomic mass is 9.90. The SMILES string of the molecule is CCOC(=O)/C=C/c1ccc2c(c1)[C@H](C(=O)OC)[C@@H](c1ccc(O)cc1)O2. The van der Waals surface area contributed by atoms with Gasteiger partial charge in [0.1, 0.15) is 23.5 Å². The van der Waals surface area contributed by atoms with Crippen LogP contribution in [-0.2, 0) is 19.1 Å². The molecule has 1 aliphatic heterocycles. The number of ether oxygens (including phenoxy) is 3. The Morgan fingerprint density at radius 1 is 1.19 bits per heavy atom. The highest BCUT2D eigenvalue weighted by Gasteiger charge is 2.41. The Balaban J connectivity index is 1.94. The van der Waals surface area contributed by atoms with Crippen molar-refractivity contribution in [1.29, 1.82) is 0 Å². The molecule has 6 nitrogen and oxygen atoms in total. The lowest BCUT2D eigenvalue weighted by Gasteiger charge is -2.17. The second-order valence-electron chi connectivity index (χ2n) is 6.01. The van der Waals surface area contributed by atoms with Crippen LogP contribution in [0.25, 0.3) is 6.08 Å². The quantitative estimate of drug-likeness (QED) is 0.644. The first-order valence-corrected chi connectivity index (χ1v) is 8.55. The van der Waals surface area contributed by atoms with Gasteiger partial charge < -0.3 is 19.3 Å². The summed E-state index contributed by atoms with van der Waals surface area (Å²) in [6.07, 6.45) is 2.41. The van der Waals surface area contributed by atoms with E-state index in [9.17, 15) is 14.7 Å². The number of methoxy groups -OCH3 is 1. The molecular formula is C21H20O6. The third kappa shape index (κ3) is 3.95. The van der Waals surface area contributed by atoms with E-state index >= 15 is 0 Å². The number of carbonyl (C=O) groups is 2. The number of hydrogen-bond acceptors (Lipinski definition) is 6. The molecule has 1 heterocycles. The van der Waals surface area contributed by atoms with Crippen molar-refractivity contribution >= 4 is 18.0 Å². The number of esters is 2. The van der Waals surface area contributed by atoms with Crippen molar-refractivity contribution in [3.05, 3.63) is 65.2 Å². The monoisotopic (exact) mass is 368 g/mol. The molecule has 0 bridgehead atoms. The van der Waals surface area contributed by atoms with Crippen molar-refractivity contribution in [2.75, 3.05) is 13.7 Å². The maximum Gasteiger partial charge on any atom is 0.330 e. The number of carbonyl (C=O) groups excluding carboxylic acids is 2. The normalized spacial score (nSPS) is 18.0. The van der Waals surface area contributed by atoms with Gasteiger partial charge in [0, 0.05) is 11.6 Å². The highest BCUT2D eigenvalue weighted by molar-refractivity contribution is 5.87. The summed E-state index contributed by atoms with van der Waals surface area (Å²) in [7, 11) is 1.33. The van der Waals surface area contributed by atoms with Gasteiger partial charge in [-0.05, 0) is 48.4 Å². The zero-order valence-electron chi connectivity index (χ0n) is 15.0. The Morgan fingerprint density at radius 2 is 1.93 bits per heavy atom. The number of hydrogen-bond donors (Lipinski definition) is 1. The molecule has 0 amide bonds. The Hall–Kier alpha value is -3.28. The third-order valence-electron chi connectivity index (χ3n) is 4.30. The van der Waals surface area contributed by atoms with Crippen molar-refractivity contribution in [2.45, 2.75) is 18.9 Å². The molecule has 1 N–H and O–H groups in total. The first kappa shape index (κ1) is 18.5. The molecule has 2 atom stereocenters. The van der Waals surface area contributed by atoms with Gasteiger partial charge in [-0.1, -0.05) is 18.2 Å². The Kier molecular flexibility index (Phi) is 5.45. The highest BCUT2D eigenvalue weighted by atomic mass is 16.5. The summed E-state index contributed by atoms with van der Waals surface area (Å²) in [5, 5.41) is 9.49. The summed E-state index contributed by atoms with van der Waals surface area (Å²) < 4.78 is 15.8. The maximum atomic E-state index is 12.4. The van der Waals surface area contributed by atoms with Crippen molar-refractivity contribution in [1.82, 2.24) is 0 Å². The second-order valence-corrected chi connectivity index (χ2v) is 6.01. The average Bonchev–Trinajstić information content (AvgIpc) is 3.05. The molecule has 140 valence electrons. The largest absolute Gasteiger partial charge is 0.508 e. The second kappa shape index (κ2) is 7.95. The van der Waals surface area contributed by atoms with Crippen LogP contribution in [0.15, 0.2) is 48.5 Å². The molecule has 2 aromatic rings. The van der Waals surface area contributed by atoms with Gasteiger partial charge in [-0.15, -0.1) is 0 Å². The lowest BCUT2D eigenvalue weighted by Crippen LogP contribution is -2.20. The summed E-state index contributed by atoms with van der Waals surface area (Å²) in [5.74, 6) is -0.781. The molecule has 0 saturated heterocycles. The number of rotatable bonds is 5. The predicted octanol–water partition coefficient (Wildman–Crippen LogP) is 3.36. The Bertz CT molecular complexity index is 869. The lowest BCUT2D eigenvalue weighted by molar-refractivity contribution is -0.144. The molecule has 0 aromatic heterocycles. The number of benzene rings is 2. The van der Waals surface area contributed by atoms with Gasteiger partial charge in [0.2, 0.25) is 0 Å². The van der Waals surface area contributed by atoms with E-state index in [0.717, 1.165) is 11.1 Å². The number of fused-ring (bicyclic) bond motifs is 1.